The van der Waals surface area contributed by atoms with Gasteiger partial charge >= 0.3 is 5.97 Å². The van der Waals surface area contributed by atoms with Crippen molar-refractivity contribution in [2.75, 3.05) is 13.1 Å². The number of aryl methyl sites for hydroxylation is 1. The highest BCUT2D eigenvalue weighted by molar-refractivity contribution is 5.68. The van der Waals surface area contributed by atoms with E-state index in [1.54, 1.807) is 12.4 Å². The molecular weight excluding hydrogens is 230 g/mol. The maximum atomic E-state index is 11.2. The summed E-state index contributed by atoms with van der Waals surface area (Å²) in [6.07, 6.45) is 5.58. The number of carbonyl (C=O) groups is 1. The molecule has 18 heavy (non-hydrogen) atoms. The van der Waals surface area contributed by atoms with E-state index < -0.39 is 11.5 Å². The lowest BCUT2D eigenvalue weighted by Crippen LogP contribution is -2.45. The van der Waals surface area contributed by atoms with Crippen molar-refractivity contribution < 1.29 is 9.90 Å². The Labute approximate surface area is 107 Å². The number of hydrogen-bond acceptors (Lipinski definition) is 4. The summed E-state index contributed by atoms with van der Waals surface area (Å²) in [4.78, 5) is 22.0. The first kappa shape index (κ1) is 13.0. The van der Waals surface area contributed by atoms with Crippen molar-refractivity contribution in [3.05, 3.63) is 23.8 Å². The standard InChI is InChI=1S/C13H19N3O2/c1-10-12(15-6-5-14-10)13(2,9-11(17)18)16-7-3-4-8-16/h5-6H,3-4,7-9H2,1-2H3,(H,17,18). The zero-order chi connectivity index (χ0) is 13.2. The van der Waals surface area contributed by atoms with Crippen molar-refractivity contribution in [2.24, 2.45) is 0 Å². The Morgan fingerprint density at radius 2 is 2.00 bits per heavy atom. The van der Waals surface area contributed by atoms with Crippen LogP contribution in [0.25, 0.3) is 0 Å². The van der Waals surface area contributed by atoms with Gasteiger partial charge in [-0.05, 0) is 39.8 Å². The second kappa shape index (κ2) is 5.02. The van der Waals surface area contributed by atoms with Gasteiger partial charge in [-0.1, -0.05) is 0 Å². The molecule has 0 bridgehead atoms. The molecule has 0 saturated carbocycles. The number of likely N-dealkylation sites (tertiary alicyclic amines) is 1. The van der Waals surface area contributed by atoms with Gasteiger partial charge in [-0.25, -0.2) is 0 Å². The normalized spacial score (nSPS) is 19.7. The summed E-state index contributed by atoms with van der Waals surface area (Å²) in [6.45, 7) is 5.71. The molecule has 98 valence electrons. The summed E-state index contributed by atoms with van der Waals surface area (Å²) in [5, 5.41) is 9.19. The maximum absolute atomic E-state index is 11.2. The lowest BCUT2D eigenvalue weighted by molar-refractivity contribution is -0.140. The Hall–Kier alpha value is -1.49. The average Bonchev–Trinajstić information content (AvgIpc) is 2.82. The molecule has 1 aromatic rings. The van der Waals surface area contributed by atoms with Gasteiger partial charge in [0.05, 0.1) is 23.3 Å². The fourth-order valence-corrected chi connectivity index (χ4v) is 2.79. The molecule has 2 heterocycles. The van der Waals surface area contributed by atoms with Gasteiger partial charge < -0.3 is 5.11 Å². The van der Waals surface area contributed by atoms with Gasteiger partial charge in [-0.3, -0.25) is 19.7 Å². The van der Waals surface area contributed by atoms with Gasteiger partial charge in [-0.2, -0.15) is 0 Å². The Morgan fingerprint density at radius 3 is 2.56 bits per heavy atom. The van der Waals surface area contributed by atoms with E-state index in [0.717, 1.165) is 37.3 Å². The summed E-state index contributed by atoms with van der Waals surface area (Å²) in [7, 11) is 0. The van der Waals surface area contributed by atoms with E-state index in [1.165, 1.54) is 0 Å². The van der Waals surface area contributed by atoms with Crippen molar-refractivity contribution in [2.45, 2.75) is 38.6 Å². The molecule has 1 aromatic heterocycles. The summed E-state index contributed by atoms with van der Waals surface area (Å²) in [6, 6.07) is 0. The zero-order valence-corrected chi connectivity index (χ0v) is 10.9. The largest absolute Gasteiger partial charge is 0.481 e. The van der Waals surface area contributed by atoms with Gasteiger partial charge in [0.2, 0.25) is 0 Å². The predicted molar refractivity (Wildman–Crippen MR) is 67.2 cm³/mol. The fourth-order valence-electron chi connectivity index (χ4n) is 2.79. The number of carboxylic acid groups (broad SMARTS) is 1. The van der Waals surface area contributed by atoms with Gasteiger partial charge in [0, 0.05) is 12.4 Å². The number of carboxylic acids is 1. The summed E-state index contributed by atoms with van der Waals surface area (Å²) in [5.74, 6) is -0.797. The summed E-state index contributed by atoms with van der Waals surface area (Å²) >= 11 is 0. The third kappa shape index (κ3) is 2.36. The minimum atomic E-state index is -0.797. The van der Waals surface area contributed by atoms with E-state index in [4.69, 9.17) is 0 Å². The Bertz CT molecular complexity index is 444. The SMILES string of the molecule is Cc1nccnc1C(C)(CC(=O)O)N1CCCC1. The Balaban J connectivity index is 2.41. The first-order valence-electron chi connectivity index (χ1n) is 6.29. The van der Waals surface area contributed by atoms with E-state index in [2.05, 4.69) is 14.9 Å². The second-order valence-corrected chi connectivity index (χ2v) is 5.03. The van der Waals surface area contributed by atoms with Crippen molar-refractivity contribution in [1.82, 2.24) is 14.9 Å². The van der Waals surface area contributed by atoms with Gasteiger partial charge in [0.1, 0.15) is 0 Å². The smallest absolute Gasteiger partial charge is 0.305 e. The van der Waals surface area contributed by atoms with Crippen LogP contribution in [-0.2, 0) is 10.3 Å². The average molecular weight is 249 g/mol. The Kier molecular flexibility index (Phi) is 3.61. The van der Waals surface area contributed by atoms with Crippen LogP contribution in [0.15, 0.2) is 12.4 Å². The van der Waals surface area contributed by atoms with Crippen LogP contribution in [0, 0.1) is 6.92 Å². The van der Waals surface area contributed by atoms with Crippen LogP contribution in [0.5, 0.6) is 0 Å². The molecule has 1 atom stereocenters. The third-order valence-corrected chi connectivity index (χ3v) is 3.69. The van der Waals surface area contributed by atoms with Crippen LogP contribution in [0.1, 0.15) is 37.6 Å². The quantitative estimate of drug-likeness (QED) is 0.877. The van der Waals surface area contributed by atoms with Crippen LogP contribution < -0.4 is 0 Å². The maximum Gasteiger partial charge on any atom is 0.305 e. The van der Waals surface area contributed by atoms with E-state index >= 15 is 0 Å². The van der Waals surface area contributed by atoms with Crippen molar-refractivity contribution in [3.8, 4) is 0 Å². The molecule has 2 rings (SSSR count). The fraction of sp³-hybridized carbons (Fsp3) is 0.615. The zero-order valence-electron chi connectivity index (χ0n) is 10.9. The number of aromatic nitrogens is 2. The number of rotatable bonds is 4. The molecule has 0 aliphatic carbocycles. The highest BCUT2D eigenvalue weighted by atomic mass is 16.4. The Morgan fingerprint density at radius 1 is 1.39 bits per heavy atom. The highest BCUT2D eigenvalue weighted by Crippen LogP contribution is 2.34. The molecule has 1 N–H and O–H groups in total. The van der Waals surface area contributed by atoms with E-state index in [0.29, 0.717) is 0 Å². The molecular formula is C13H19N3O2. The molecule has 0 aromatic carbocycles. The number of nitrogens with zero attached hydrogens (tertiary/aromatic N) is 3. The van der Waals surface area contributed by atoms with E-state index in [9.17, 15) is 9.90 Å². The van der Waals surface area contributed by atoms with E-state index in [-0.39, 0.29) is 6.42 Å². The van der Waals surface area contributed by atoms with Crippen LogP contribution in [0.2, 0.25) is 0 Å². The van der Waals surface area contributed by atoms with Crippen LogP contribution >= 0.6 is 0 Å². The van der Waals surface area contributed by atoms with Gasteiger partial charge in [0.25, 0.3) is 0 Å². The van der Waals surface area contributed by atoms with Crippen LogP contribution in [-0.4, -0.2) is 39.0 Å². The third-order valence-electron chi connectivity index (χ3n) is 3.69. The van der Waals surface area contributed by atoms with Crippen LogP contribution in [0.4, 0.5) is 0 Å². The highest BCUT2D eigenvalue weighted by Gasteiger charge is 2.39. The van der Waals surface area contributed by atoms with Gasteiger partial charge in [-0.15, -0.1) is 0 Å². The first-order chi connectivity index (χ1) is 8.54. The molecule has 1 fully saturated rings. The second-order valence-electron chi connectivity index (χ2n) is 5.03. The van der Waals surface area contributed by atoms with Gasteiger partial charge in [0.15, 0.2) is 0 Å². The topological polar surface area (TPSA) is 66.3 Å². The van der Waals surface area contributed by atoms with Crippen molar-refractivity contribution in [3.63, 3.8) is 0 Å². The lowest BCUT2D eigenvalue weighted by atomic mass is 9.90. The molecule has 1 saturated heterocycles. The minimum Gasteiger partial charge on any atom is -0.481 e. The number of hydrogen-bond donors (Lipinski definition) is 1. The molecule has 5 heteroatoms. The molecule has 0 radical (unpaired) electrons. The first-order valence-corrected chi connectivity index (χ1v) is 6.29. The minimum absolute atomic E-state index is 0.0620. The molecule has 1 aliphatic rings. The monoisotopic (exact) mass is 249 g/mol. The summed E-state index contributed by atoms with van der Waals surface area (Å²) in [5.41, 5.74) is 1.04. The molecule has 0 amide bonds. The van der Waals surface area contributed by atoms with Crippen molar-refractivity contribution >= 4 is 5.97 Å². The van der Waals surface area contributed by atoms with E-state index in [1.807, 2.05) is 13.8 Å². The molecule has 0 spiro atoms. The van der Waals surface area contributed by atoms with Crippen molar-refractivity contribution in [1.29, 1.82) is 0 Å². The summed E-state index contributed by atoms with van der Waals surface area (Å²) < 4.78 is 0. The molecule has 1 unspecified atom stereocenters. The van der Waals surface area contributed by atoms with Crippen LogP contribution in [0.3, 0.4) is 0 Å². The molecule has 1 aliphatic heterocycles. The lowest BCUT2D eigenvalue weighted by Gasteiger charge is -2.37. The predicted octanol–water partition coefficient (Wildman–Crippen LogP) is 1.57. The number of aliphatic carboxylic acids is 1. The molecule has 5 nitrogen and oxygen atoms in total.